The van der Waals surface area contributed by atoms with Crippen molar-refractivity contribution in [3.8, 4) is 11.5 Å². The summed E-state index contributed by atoms with van der Waals surface area (Å²) in [7, 11) is 0. The van der Waals surface area contributed by atoms with Crippen LogP contribution >= 0.6 is 0 Å². The molecule has 6 heteroatoms. The minimum Gasteiger partial charge on any atom is -0.461 e. The SMILES string of the molecule is O=C(NCCC1=CCCCC1)C(=O)NCc1ccc(-c2ccco2)o1. The summed E-state index contributed by atoms with van der Waals surface area (Å²) in [6.07, 6.45) is 9.28. The summed E-state index contributed by atoms with van der Waals surface area (Å²) in [6, 6.07) is 7.06. The van der Waals surface area contributed by atoms with Gasteiger partial charge in [0.05, 0.1) is 12.8 Å². The number of allylic oxidation sites excluding steroid dienone is 1. The van der Waals surface area contributed by atoms with Gasteiger partial charge in [0.1, 0.15) is 5.76 Å². The standard InChI is InChI=1S/C19H22N2O4/c22-18(20-11-10-14-5-2-1-3-6-14)19(23)21-13-15-8-9-17(25-15)16-7-4-12-24-16/h4-5,7-9,12H,1-3,6,10-11,13H2,(H,20,22)(H,21,23). The van der Waals surface area contributed by atoms with E-state index < -0.39 is 11.8 Å². The lowest BCUT2D eigenvalue weighted by molar-refractivity contribution is -0.139. The Labute approximate surface area is 146 Å². The molecular formula is C19H22N2O4. The molecule has 25 heavy (non-hydrogen) atoms. The van der Waals surface area contributed by atoms with Crippen LogP contribution in [0.2, 0.25) is 0 Å². The first-order chi connectivity index (χ1) is 12.2. The van der Waals surface area contributed by atoms with Gasteiger partial charge in [0.15, 0.2) is 11.5 Å². The van der Waals surface area contributed by atoms with Gasteiger partial charge in [0.2, 0.25) is 0 Å². The van der Waals surface area contributed by atoms with Crippen LogP contribution in [-0.4, -0.2) is 18.4 Å². The number of carbonyl (C=O) groups excluding carboxylic acids is 2. The van der Waals surface area contributed by atoms with E-state index in [0.717, 1.165) is 19.3 Å². The van der Waals surface area contributed by atoms with Gasteiger partial charge in [-0.25, -0.2) is 0 Å². The summed E-state index contributed by atoms with van der Waals surface area (Å²) in [4.78, 5) is 23.6. The Hall–Kier alpha value is -2.76. The Morgan fingerprint density at radius 2 is 1.92 bits per heavy atom. The maximum Gasteiger partial charge on any atom is 0.309 e. The zero-order chi connectivity index (χ0) is 17.5. The van der Waals surface area contributed by atoms with Crippen molar-refractivity contribution < 1.29 is 18.4 Å². The molecule has 1 aliphatic rings. The summed E-state index contributed by atoms with van der Waals surface area (Å²) < 4.78 is 10.8. The van der Waals surface area contributed by atoms with E-state index in [1.807, 2.05) is 0 Å². The number of nitrogens with one attached hydrogen (secondary N) is 2. The molecule has 0 saturated carbocycles. The van der Waals surface area contributed by atoms with Gasteiger partial charge in [0, 0.05) is 6.54 Å². The molecule has 2 N–H and O–H groups in total. The van der Waals surface area contributed by atoms with E-state index in [4.69, 9.17) is 8.83 Å². The number of amides is 2. The van der Waals surface area contributed by atoms with Crippen molar-refractivity contribution in [2.75, 3.05) is 6.54 Å². The minimum atomic E-state index is -0.659. The van der Waals surface area contributed by atoms with Crippen LogP contribution in [0.1, 0.15) is 37.9 Å². The molecule has 6 nitrogen and oxygen atoms in total. The highest BCUT2D eigenvalue weighted by molar-refractivity contribution is 6.35. The van der Waals surface area contributed by atoms with Gasteiger partial charge in [-0.3, -0.25) is 9.59 Å². The van der Waals surface area contributed by atoms with Gasteiger partial charge in [-0.2, -0.15) is 0 Å². The number of hydrogen-bond acceptors (Lipinski definition) is 4. The third-order valence-electron chi connectivity index (χ3n) is 4.17. The fourth-order valence-electron chi connectivity index (χ4n) is 2.82. The lowest BCUT2D eigenvalue weighted by Crippen LogP contribution is -2.40. The Bertz CT molecular complexity index is 743. The van der Waals surface area contributed by atoms with Crippen LogP contribution in [0.25, 0.3) is 11.5 Å². The summed E-state index contributed by atoms with van der Waals surface area (Å²) in [5.41, 5.74) is 1.37. The Morgan fingerprint density at radius 1 is 1.04 bits per heavy atom. The maximum absolute atomic E-state index is 11.8. The second-order valence-electron chi connectivity index (χ2n) is 6.04. The minimum absolute atomic E-state index is 0.151. The molecule has 2 heterocycles. The summed E-state index contributed by atoms with van der Waals surface area (Å²) in [5.74, 6) is 0.481. The van der Waals surface area contributed by atoms with E-state index in [0.29, 0.717) is 23.8 Å². The van der Waals surface area contributed by atoms with Crippen molar-refractivity contribution >= 4 is 11.8 Å². The lowest BCUT2D eigenvalue weighted by Gasteiger charge is -2.12. The van der Waals surface area contributed by atoms with Crippen LogP contribution in [0, 0.1) is 0 Å². The first-order valence-corrected chi connectivity index (χ1v) is 8.59. The van der Waals surface area contributed by atoms with Crippen molar-refractivity contribution in [1.29, 1.82) is 0 Å². The monoisotopic (exact) mass is 342 g/mol. The van der Waals surface area contributed by atoms with Crippen LogP contribution in [0.5, 0.6) is 0 Å². The normalized spacial score (nSPS) is 14.0. The van der Waals surface area contributed by atoms with Crippen molar-refractivity contribution in [3.63, 3.8) is 0 Å². The van der Waals surface area contributed by atoms with E-state index >= 15 is 0 Å². The van der Waals surface area contributed by atoms with Crippen molar-refractivity contribution in [2.45, 2.75) is 38.6 Å². The number of hydrogen-bond donors (Lipinski definition) is 2. The van der Waals surface area contributed by atoms with Crippen LogP contribution in [0.3, 0.4) is 0 Å². The van der Waals surface area contributed by atoms with Crippen LogP contribution in [0.15, 0.2) is 51.0 Å². The van der Waals surface area contributed by atoms with Crippen LogP contribution < -0.4 is 10.6 Å². The largest absolute Gasteiger partial charge is 0.461 e. The molecule has 2 amide bonds. The van der Waals surface area contributed by atoms with E-state index in [9.17, 15) is 9.59 Å². The topological polar surface area (TPSA) is 84.5 Å². The van der Waals surface area contributed by atoms with Gasteiger partial charge in [-0.15, -0.1) is 0 Å². The third kappa shape index (κ3) is 4.86. The molecule has 0 bridgehead atoms. The van der Waals surface area contributed by atoms with E-state index in [1.165, 1.54) is 18.4 Å². The molecule has 0 aliphatic heterocycles. The van der Waals surface area contributed by atoms with E-state index in [-0.39, 0.29) is 6.54 Å². The molecule has 0 aromatic carbocycles. The Kier molecular flexibility index (Phi) is 5.72. The molecule has 0 unspecified atom stereocenters. The molecule has 132 valence electrons. The van der Waals surface area contributed by atoms with Gasteiger partial charge < -0.3 is 19.5 Å². The van der Waals surface area contributed by atoms with Gasteiger partial charge in [0.25, 0.3) is 0 Å². The summed E-state index contributed by atoms with van der Waals surface area (Å²) in [5, 5.41) is 5.21. The zero-order valence-corrected chi connectivity index (χ0v) is 14.0. The predicted octanol–water partition coefficient (Wildman–Crippen LogP) is 3.16. The van der Waals surface area contributed by atoms with Crippen LogP contribution in [-0.2, 0) is 16.1 Å². The fraction of sp³-hybridized carbons (Fsp3) is 0.368. The molecule has 3 rings (SSSR count). The summed E-state index contributed by atoms with van der Waals surface area (Å²) in [6.45, 7) is 0.638. The molecule has 0 radical (unpaired) electrons. The zero-order valence-electron chi connectivity index (χ0n) is 14.0. The van der Waals surface area contributed by atoms with Gasteiger partial charge >= 0.3 is 11.8 Å². The highest BCUT2D eigenvalue weighted by Crippen LogP contribution is 2.22. The molecule has 0 saturated heterocycles. The predicted molar refractivity (Wildman–Crippen MR) is 92.4 cm³/mol. The highest BCUT2D eigenvalue weighted by Gasteiger charge is 2.14. The molecule has 0 fully saturated rings. The van der Waals surface area contributed by atoms with Crippen molar-refractivity contribution in [1.82, 2.24) is 10.6 Å². The quantitative estimate of drug-likeness (QED) is 0.624. The Morgan fingerprint density at radius 3 is 2.68 bits per heavy atom. The van der Waals surface area contributed by atoms with Crippen molar-refractivity contribution in [3.05, 3.63) is 47.9 Å². The second-order valence-corrected chi connectivity index (χ2v) is 6.04. The average molecular weight is 342 g/mol. The molecular weight excluding hydrogens is 320 g/mol. The fourth-order valence-corrected chi connectivity index (χ4v) is 2.82. The average Bonchev–Trinajstić information content (AvgIpc) is 3.32. The lowest BCUT2D eigenvalue weighted by atomic mass is 9.97. The molecule has 1 aliphatic carbocycles. The van der Waals surface area contributed by atoms with E-state index in [2.05, 4.69) is 16.7 Å². The molecule has 0 spiro atoms. The van der Waals surface area contributed by atoms with Gasteiger partial charge in [-0.05, 0) is 56.4 Å². The molecule has 0 atom stereocenters. The van der Waals surface area contributed by atoms with Crippen molar-refractivity contribution in [2.24, 2.45) is 0 Å². The maximum atomic E-state index is 11.8. The van der Waals surface area contributed by atoms with Gasteiger partial charge in [-0.1, -0.05) is 11.6 Å². The number of carbonyl (C=O) groups is 2. The number of rotatable bonds is 6. The summed E-state index contributed by atoms with van der Waals surface area (Å²) >= 11 is 0. The first kappa shape index (κ1) is 17.1. The van der Waals surface area contributed by atoms with E-state index in [1.54, 1.807) is 30.5 Å². The second kappa shape index (κ2) is 8.37. The molecule has 2 aromatic heterocycles. The Balaban J connectivity index is 1.39. The van der Waals surface area contributed by atoms with Crippen LogP contribution in [0.4, 0.5) is 0 Å². The molecule has 2 aromatic rings. The highest BCUT2D eigenvalue weighted by atomic mass is 16.4. The number of furan rings is 2. The third-order valence-corrected chi connectivity index (χ3v) is 4.17. The first-order valence-electron chi connectivity index (χ1n) is 8.59. The smallest absolute Gasteiger partial charge is 0.309 e.